The molecular weight excluding hydrogens is 362 g/mol. The van der Waals surface area contributed by atoms with Gasteiger partial charge in [-0.15, -0.1) is 0 Å². The minimum absolute atomic E-state index is 0.0650. The number of benzene rings is 2. The number of fused-ring (bicyclic) bond motifs is 1. The third-order valence-corrected chi connectivity index (χ3v) is 3.97. The van der Waals surface area contributed by atoms with Gasteiger partial charge in [0.15, 0.2) is 17.6 Å². The topological polar surface area (TPSA) is 94.1 Å². The van der Waals surface area contributed by atoms with Gasteiger partial charge in [-0.3, -0.25) is 4.79 Å². The maximum absolute atomic E-state index is 12.1. The SMILES string of the molecule is C[C@H](OC(=O)c1ccc(Cl)cc1O)C(=O)NCc1ccc2c(c1)OCO2. The standard InChI is InChI=1S/C18H16ClNO6/c1-10(26-18(23)13-4-3-12(19)7-14(13)21)17(22)20-8-11-2-5-15-16(6-11)25-9-24-15/h2-7,10,21H,8-9H2,1H3,(H,20,22)/t10-/m0/s1. The molecule has 1 aliphatic rings. The number of halogens is 1. The van der Waals surface area contributed by atoms with Crippen molar-refractivity contribution in [1.29, 1.82) is 0 Å². The Bertz CT molecular complexity index is 854. The van der Waals surface area contributed by atoms with Crippen LogP contribution in [0.1, 0.15) is 22.8 Å². The Kier molecular flexibility index (Phi) is 5.18. The number of amides is 1. The number of carbonyl (C=O) groups is 2. The number of phenolic OH excluding ortho intramolecular Hbond substituents is 1. The van der Waals surface area contributed by atoms with Crippen LogP contribution >= 0.6 is 11.6 Å². The van der Waals surface area contributed by atoms with E-state index < -0.39 is 18.0 Å². The van der Waals surface area contributed by atoms with Crippen LogP contribution in [0.4, 0.5) is 0 Å². The third-order valence-electron chi connectivity index (χ3n) is 3.74. The van der Waals surface area contributed by atoms with Crippen LogP contribution in [0.5, 0.6) is 17.2 Å². The average molecular weight is 378 g/mol. The molecule has 0 aromatic heterocycles. The van der Waals surface area contributed by atoms with Gasteiger partial charge in [0, 0.05) is 11.6 Å². The summed E-state index contributed by atoms with van der Waals surface area (Å²) in [6, 6.07) is 9.33. The molecule has 2 aromatic rings. The van der Waals surface area contributed by atoms with Gasteiger partial charge in [0.05, 0.1) is 0 Å². The second-order valence-electron chi connectivity index (χ2n) is 5.61. The second kappa shape index (κ2) is 7.53. The van der Waals surface area contributed by atoms with E-state index in [1.807, 2.05) is 0 Å². The van der Waals surface area contributed by atoms with Crippen molar-refractivity contribution in [2.24, 2.45) is 0 Å². The molecular formula is C18H16ClNO6. The van der Waals surface area contributed by atoms with Crippen LogP contribution in [-0.2, 0) is 16.1 Å². The first-order valence-corrected chi connectivity index (χ1v) is 8.17. The lowest BCUT2D eigenvalue weighted by Crippen LogP contribution is -2.35. The molecule has 0 unspecified atom stereocenters. The molecule has 8 heteroatoms. The van der Waals surface area contributed by atoms with Crippen LogP contribution in [0, 0.1) is 0 Å². The van der Waals surface area contributed by atoms with Gasteiger partial charge in [0.2, 0.25) is 6.79 Å². The van der Waals surface area contributed by atoms with E-state index in [1.54, 1.807) is 18.2 Å². The van der Waals surface area contributed by atoms with E-state index in [0.717, 1.165) is 5.56 Å². The molecule has 2 aromatic carbocycles. The van der Waals surface area contributed by atoms with Gasteiger partial charge in [-0.2, -0.15) is 0 Å². The van der Waals surface area contributed by atoms with E-state index in [4.69, 9.17) is 25.8 Å². The van der Waals surface area contributed by atoms with Crippen LogP contribution in [-0.4, -0.2) is 29.9 Å². The molecule has 1 atom stereocenters. The number of esters is 1. The molecule has 0 spiro atoms. The Morgan fingerprint density at radius 2 is 2.00 bits per heavy atom. The number of nitrogens with one attached hydrogen (secondary N) is 1. The van der Waals surface area contributed by atoms with Crippen molar-refractivity contribution in [2.45, 2.75) is 19.6 Å². The minimum Gasteiger partial charge on any atom is -0.507 e. The predicted octanol–water partition coefficient (Wildman–Crippen LogP) is 2.64. The van der Waals surface area contributed by atoms with Crippen LogP contribution in [0.25, 0.3) is 0 Å². The maximum atomic E-state index is 12.1. The molecule has 0 saturated carbocycles. The molecule has 2 N–H and O–H groups in total. The van der Waals surface area contributed by atoms with Gasteiger partial charge in [-0.05, 0) is 42.8 Å². The highest BCUT2D eigenvalue weighted by molar-refractivity contribution is 6.30. The molecule has 3 rings (SSSR count). The lowest BCUT2D eigenvalue weighted by atomic mass is 10.2. The van der Waals surface area contributed by atoms with Gasteiger partial charge in [-0.25, -0.2) is 4.79 Å². The summed E-state index contributed by atoms with van der Waals surface area (Å²) >= 11 is 5.72. The van der Waals surface area contributed by atoms with E-state index in [-0.39, 0.29) is 29.7 Å². The van der Waals surface area contributed by atoms with Crippen LogP contribution in [0.2, 0.25) is 5.02 Å². The highest BCUT2D eigenvalue weighted by Gasteiger charge is 2.21. The lowest BCUT2D eigenvalue weighted by Gasteiger charge is -2.14. The summed E-state index contributed by atoms with van der Waals surface area (Å²) in [4.78, 5) is 24.2. The largest absolute Gasteiger partial charge is 0.507 e. The first-order valence-electron chi connectivity index (χ1n) is 7.80. The molecule has 0 fully saturated rings. The summed E-state index contributed by atoms with van der Waals surface area (Å²) in [5.41, 5.74) is 0.751. The molecule has 1 heterocycles. The van der Waals surface area contributed by atoms with Crippen molar-refractivity contribution in [3.05, 3.63) is 52.5 Å². The average Bonchev–Trinajstić information content (AvgIpc) is 3.07. The molecule has 1 aliphatic heterocycles. The van der Waals surface area contributed by atoms with Crippen LogP contribution in [0.3, 0.4) is 0 Å². The fraction of sp³-hybridized carbons (Fsp3) is 0.222. The summed E-state index contributed by atoms with van der Waals surface area (Å²) in [5.74, 6) is -0.315. The van der Waals surface area contributed by atoms with Gasteiger partial charge in [0.25, 0.3) is 5.91 Å². The highest BCUT2D eigenvalue weighted by atomic mass is 35.5. The first kappa shape index (κ1) is 17.9. The van der Waals surface area contributed by atoms with Crippen molar-refractivity contribution >= 4 is 23.5 Å². The second-order valence-corrected chi connectivity index (χ2v) is 6.05. The monoisotopic (exact) mass is 377 g/mol. The van der Waals surface area contributed by atoms with Crippen molar-refractivity contribution < 1.29 is 28.9 Å². The Morgan fingerprint density at radius 1 is 1.23 bits per heavy atom. The number of hydrogen-bond acceptors (Lipinski definition) is 6. The molecule has 0 aliphatic carbocycles. The normalized spacial score (nSPS) is 13.2. The number of rotatable bonds is 5. The van der Waals surface area contributed by atoms with E-state index >= 15 is 0 Å². The zero-order chi connectivity index (χ0) is 18.7. The molecule has 0 saturated heterocycles. The molecule has 136 valence electrons. The Hall–Kier alpha value is -2.93. The Balaban J connectivity index is 1.55. The fourth-order valence-electron chi connectivity index (χ4n) is 2.34. The van der Waals surface area contributed by atoms with E-state index in [9.17, 15) is 14.7 Å². The summed E-state index contributed by atoms with van der Waals surface area (Å²) in [6.07, 6.45) is -1.04. The van der Waals surface area contributed by atoms with Gasteiger partial charge in [-0.1, -0.05) is 17.7 Å². The third kappa shape index (κ3) is 4.00. The lowest BCUT2D eigenvalue weighted by molar-refractivity contribution is -0.129. The number of carbonyl (C=O) groups excluding carboxylic acids is 2. The number of aromatic hydroxyl groups is 1. The number of ether oxygens (including phenoxy) is 3. The zero-order valence-electron chi connectivity index (χ0n) is 13.8. The van der Waals surface area contributed by atoms with Crippen molar-refractivity contribution in [2.75, 3.05) is 6.79 Å². The minimum atomic E-state index is -1.04. The maximum Gasteiger partial charge on any atom is 0.342 e. The van der Waals surface area contributed by atoms with Gasteiger partial charge < -0.3 is 24.6 Å². The molecule has 7 nitrogen and oxygen atoms in total. The van der Waals surface area contributed by atoms with E-state index in [1.165, 1.54) is 25.1 Å². The van der Waals surface area contributed by atoms with Gasteiger partial charge in [0.1, 0.15) is 11.3 Å². The smallest absolute Gasteiger partial charge is 0.342 e. The predicted molar refractivity (Wildman–Crippen MR) is 92.4 cm³/mol. The Morgan fingerprint density at radius 3 is 2.77 bits per heavy atom. The van der Waals surface area contributed by atoms with Gasteiger partial charge >= 0.3 is 5.97 Å². The van der Waals surface area contributed by atoms with Crippen molar-refractivity contribution in [1.82, 2.24) is 5.32 Å². The molecule has 1 amide bonds. The molecule has 26 heavy (non-hydrogen) atoms. The number of phenols is 1. The number of hydrogen-bond donors (Lipinski definition) is 2. The highest BCUT2D eigenvalue weighted by Crippen LogP contribution is 2.32. The summed E-state index contributed by atoms with van der Waals surface area (Å²) in [6.45, 7) is 1.86. The van der Waals surface area contributed by atoms with Crippen LogP contribution < -0.4 is 14.8 Å². The zero-order valence-corrected chi connectivity index (χ0v) is 14.6. The summed E-state index contributed by atoms with van der Waals surface area (Å²) in [5, 5.41) is 12.7. The van der Waals surface area contributed by atoms with Crippen LogP contribution in [0.15, 0.2) is 36.4 Å². The summed E-state index contributed by atoms with van der Waals surface area (Å²) in [7, 11) is 0. The first-order chi connectivity index (χ1) is 12.4. The fourth-order valence-corrected chi connectivity index (χ4v) is 2.51. The molecule has 0 bridgehead atoms. The van der Waals surface area contributed by atoms with Crippen molar-refractivity contribution in [3.63, 3.8) is 0 Å². The molecule has 0 radical (unpaired) electrons. The van der Waals surface area contributed by atoms with E-state index in [2.05, 4.69) is 5.32 Å². The van der Waals surface area contributed by atoms with E-state index in [0.29, 0.717) is 11.5 Å². The summed E-state index contributed by atoms with van der Waals surface area (Å²) < 4.78 is 15.6. The Labute approximate surface area is 154 Å². The quantitative estimate of drug-likeness (QED) is 0.778. The van der Waals surface area contributed by atoms with Crippen molar-refractivity contribution in [3.8, 4) is 17.2 Å².